The Balaban J connectivity index is 2.33. The van der Waals surface area contributed by atoms with Crippen LogP contribution in [0.15, 0.2) is 52.3 Å². The molecule has 2 aromatic rings. The number of rotatable bonds is 3. The van der Waals surface area contributed by atoms with E-state index in [0.29, 0.717) is 11.6 Å². The standard InChI is InChI=1S/C13H11ClFNS/c14-12-5-2-6-13(11(12)8-16)17-10-4-1-3-9(15)7-10/h1-7H,8,16H2. The van der Waals surface area contributed by atoms with E-state index < -0.39 is 0 Å². The molecule has 2 rings (SSSR count). The van der Waals surface area contributed by atoms with Crippen LogP contribution in [0, 0.1) is 5.82 Å². The van der Waals surface area contributed by atoms with Crippen molar-refractivity contribution in [1.29, 1.82) is 0 Å². The predicted molar refractivity (Wildman–Crippen MR) is 69.9 cm³/mol. The second kappa shape index (κ2) is 5.54. The maximum absolute atomic E-state index is 13.1. The first kappa shape index (κ1) is 12.4. The highest BCUT2D eigenvalue weighted by molar-refractivity contribution is 7.99. The van der Waals surface area contributed by atoms with E-state index in [2.05, 4.69) is 0 Å². The summed E-state index contributed by atoms with van der Waals surface area (Å²) in [7, 11) is 0. The van der Waals surface area contributed by atoms with E-state index in [-0.39, 0.29) is 5.82 Å². The van der Waals surface area contributed by atoms with Crippen molar-refractivity contribution >= 4 is 23.4 Å². The Bertz CT molecular complexity index is 531. The third kappa shape index (κ3) is 3.00. The van der Waals surface area contributed by atoms with Crippen LogP contribution in [0.2, 0.25) is 5.02 Å². The number of benzene rings is 2. The first-order chi connectivity index (χ1) is 8.20. The quantitative estimate of drug-likeness (QED) is 0.906. The zero-order chi connectivity index (χ0) is 12.3. The average Bonchev–Trinajstić information content (AvgIpc) is 2.29. The molecule has 0 aromatic heterocycles. The Morgan fingerprint density at radius 3 is 2.65 bits per heavy atom. The minimum Gasteiger partial charge on any atom is -0.326 e. The molecule has 0 aliphatic heterocycles. The molecule has 88 valence electrons. The zero-order valence-electron chi connectivity index (χ0n) is 8.99. The molecule has 0 atom stereocenters. The van der Waals surface area contributed by atoms with E-state index >= 15 is 0 Å². The third-order valence-corrected chi connectivity index (χ3v) is 3.75. The zero-order valence-corrected chi connectivity index (χ0v) is 10.6. The van der Waals surface area contributed by atoms with E-state index in [1.807, 2.05) is 18.2 Å². The highest BCUT2D eigenvalue weighted by Gasteiger charge is 2.07. The highest BCUT2D eigenvalue weighted by Crippen LogP contribution is 2.33. The van der Waals surface area contributed by atoms with Crippen LogP contribution in [0.4, 0.5) is 4.39 Å². The lowest BCUT2D eigenvalue weighted by atomic mass is 10.2. The van der Waals surface area contributed by atoms with Crippen molar-refractivity contribution in [2.24, 2.45) is 5.73 Å². The lowest BCUT2D eigenvalue weighted by Gasteiger charge is -2.09. The number of halogens is 2. The molecule has 0 fully saturated rings. The Kier molecular flexibility index (Phi) is 4.05. The van der Waals surface area contributed by atoms with Crippen LogP contribution in [0.25, 0.3) is 0 Å². The fraction of sp³-hybridized carbons (Fsp3) is 0.0769. The maximum Gasteiger partial charge on any atom is 0.124 e. The summed E-state index contributed by atoms with van der Waals surface area (Å²) in [6.07, 6.45) is 0. The SMILES string of the molecule is NCc1c(Cl)cccc1Sc1cccc(F)c1. The summed E-state index contributed by atoms with van der Waals surface area (Å²) in [5, 5.41) is 0.647. The summed E-state index contributed by atoms with van der Waals surface area (Å²) in [5.74, 6) is -0.244. The van der Waals surface area contributed by atoms with Gasteiger partial charge in [-0.3, -0.25) is 0 Å². The highest BCUT2D eigenvalue weighted by atomic mass is 35.5. The van der Waals surface area contributed by atoms with E-state index in [0.717, 1.165) is 15.4 Å². The first-order valence-corrected chi connectivity index (χ1v) is 6.31. The van der Waals surface area contributed by atoms with E-state index in [4.69, 9.17) is 17.3 Å². The van der Waals surface area contributed by atoms with Crippen molar-refractivity contribution in [1.82, 2.24) is 0 Å². The molecular formula is C13H11ClFNS. The van der Waals surface area contributed by atoms with Gasteiger partial charge in [-0.1, -0.05) is 35.5 Å². The van der Waals surface area contributed by atoms with E-state index in [1.165, 1.54) is 23.9 Å². The number of hydrogen-bond donors (Lipinski definition) is 1. The average molecular weight is 268 g/mol. The third-order valence-electron chi connectivity index (χ3n) is 2.30. The van der Waals surface area contributed by atoms with Gasteiger partial charge in [0.05, 0.1) is 0 Å². The minimum atomic E-state index is -0.244. The van der Waals surface area contributed by atoms with E-state index in [1.54, 1.807) is 12.1 Å². The lowest BCUT2D eigenvalue weighted by Crippen LogP contribution is -1.99. The molecule has 0 bridgehead atoms. The first-order valence-electron chi connectivity index (χ1n) is 5.11. The molecule has 17 heavy (non-hydrogen) atoms. The van der Waals surface area contributed by atoms with Gasteiger partial charge in [0.25, 0.3) is 0 Å². The summed E-state index contributed by atoms with van der Waals surface area (Å²) in [6, 6.07) is 12.1. The molecule has 0 saturated heterocycles. The molecule has 2 aromatic carbocycles. The fourth-order valence-corrected chi connectivity index (χ4v) is 2.83. The minimum absolute atomic E-state index is 0.244. The molecule has 0 unspecified atom stereocenters. The van der Waals surface area contributed by atoms with E-state index in [9.17, 15) is 4.39 Å². The van der Waals surface area contributed by atoms with Crippen molar-refractivity contribution < 1.29 is 4.39 Å². The van der Waals surface area contributed by atoms with Crippen molar-refractivity contribution in [2.45, 2.75) is 16.3 Å². The van der Waals surface area contributed by atoms with Gasteiger partial charge < -0.3 is 5.73 Å². The van der Waals surface area contributed by atoms with Crippen molar-refractivity contribution in [2.75, 3.05) is 0 Å². The van der Waals surface area contributed by atoms with Gasteiger partial charge in [0.15, 0.2) is 0 Å². The lowest BCUT2D eigenvalue weighted by molar-refractivity contribution is 0.624. The summed E-state index contributed by atoms with van der Waals surface area (Å²) < 4.78 is 13.1. The van der Waals surface area contributed by atoms with Gasteiger partial charge in [-0.05, 0) is 35.9 Å². The molecule has 0 aliphatic rings. The molecule has 2 N–H and O–H groups in total. The van der Waals surface area contributed by atoms with Crippen LogP contribution >= 0.6 is 23.4 Å². The number of hydrogen-bond acceptors (Lipinski definition) is 2. The normalized spacial score (nSPS) is 10.5. The van der Waals surface area contributed by atoms with Gasteiger partial charge in [-0.15, -0.1) is 0 Å². The summed E-state index contributed by atoms with van der Waals surface area (Å²) >= 11 is 7.52. The second-order valence-electron chi connectivity index (χ2n) is 3.48. The van der Waals surface area contributed by atoms with Crippen molar-refractivity contribution in [3.05, 3.63) is 58.9 Å². The maximum atomic E-state index is 13.1. The Labute approximate surface area is 109 Å². The van der Waals surface area contributed by atoms with Gasteiger partial charge in [0, 0.05) is 21.4 Å². The van der Waals surface area contributed by atoms with Gasteiger partial charge >= 0.3 is 0 Å². The molecule has 0 aliphatic carbocycles. The molecule has 1 nitrogen and oxygen atoms in total. The molecule has 4 heteroatoms. The topological polar surface area (TPSA) is 26.0 Å². The van der Waals surface area contributed by atoms with Crippen LogP contribution in [0.5, 0.6) is 0 Å². The summed E-state index contributed by atoms with van der Waals surface area (Å²) in [4.78, 5) is 1.80. The van der Waals surface area contributed by atoms with Crippen LogP contribution < -0.4 is 5.73 Å². The summed E-state index contributed by atoms with van der Waals surface area (Å²) in [5.41, 5.74) is 6.56. The predicted octanol–water partition coefficient (Wildman–Crippen LogP) is 4.09. The summed E-state index contributed by atoms with van der Waals surface area (Å²) in [6.45, 7) is 0.372. The Morgan fingerprint density at radius 2 is 1.94 bits per heavy atom. The van der Waals surface area contributed by atoms with Crippen molar-refractivity contribution in [3.8, 4) is 0 Å². The van der Waals surface area contributed by atoms with Crippen LogP contribution in [-0.4, -0.2) is 0 Å². The van der Waals surface area contributed by atoms with Gasteiger partial charge in [-0.2, -0.15) is 0 Å². The monoisotopic (exact) mass is 267 g/mol. The molecule has 0 heterocycles. The smallest absolute Gasteiger partial charge is 0.124 e. The molecular weight excluding hydrogens is 257 g/mol. The van der Waals surface area contributed by atoms with Crippen molar-refractivity contribution in [3.63, 3.8) is 0 Å². The number of nitrogens with two attached hydrogens (primary N) is 1. The van der Waals surface area contributed by atoms with Gasteiger partial charge in [0.1, 0.15) is 5.82 Å². The molecule has 0 radical (unpaired) electrons. The fourth-order valence-electron chi connectivity index (χ4n) is 1.49. The van der Waals surface area contributed by atoms with Crippen LogP contribution in [-0.2, 0) is 6.54 Å². The second-order valence-corrected chi connectivity index (χ2v) is 5.00. The van der Waals surface area contributed by atoms with Gasteiger partial charge in [-0.25, -0.2) is 4.39 Å². The van der Waals surface area contributed by atoms with Crippen LogP contribution in [0.3, 0.4) is 0 Å². The Morgan fingerprint density at radius 1 is 1.18 bits per heavy atom. The molecule has 0 saturated carbocycles. The largest absolute Gasteiger partial charge is 0.326 e. The van der Waals surface area contributed by atoms with Gasteiger partial charge in [0.2, 0.25) is 0 Å². The molecule has 0 spiro atoms. The Hall–Kier alpha value is -1.03. The van der Waals surface area contributed by atoms with Crippen LogP contribution in [0.1, 0.15) is 5.56 Å². The molecule has 0 amide bonds.